The SMILES string of the molecule is Cc1ncccc1/C=C/C1=CCC2[C@@]34CC[C@]5(C[C@H](N(C)C)[C@@H](O)[C@H](O)C5=CC3(Cl)CC[C@]12C)O4. The lowest BCUT2D eigenvalue weighted by Gasteiger charge is -2.61. The molecule has 5 nitrogen and oxygen atoms in total. The van der Waals surface area contributed by atoms with E-state index in [0.29, 0.717) is 6.42 Å². The summed E-state index contributed by atoms with van der Waals surface area (Å²) in [5.74, 6) is 0.273. The number of aryl methyl sites for hydroxylation is 1. The summed E-state index contributed by atoms with van der Waals surface area (Å²) in [6.45, 7) is 4.43. The third-order valence-electron chi connectivity index (χ3n) is 10.2. The number of pyridine rings is 1. The van der Waals surface area contributed by atoms with Crippen LogP contribution in [0.4, 0.5) is 0 Å². The van der Waals surface area contributed by atoms with Crippen molar-refractivity contribution in [1.29, 1.82) is 0 Å². The lowest BCUT2D eigenvalue weighted by molar-refractivity contribution is -0.201. The fraction of sp³-hybridized carbons (Fsp3) is 0.621. The molecule has 2 N–H and O–H groups in total. The number of likely N-dealkylation sites (N-methyl/N-ethyl adjacent to an activating group) is 1. The summed E-state index contributed by atoms with van der Waals surface area (Å²) in [5.41, 5.74) is 3.32. The number of hydrogen-bond donors (Lipinski definition) is 2. The number of hydrogen-bond acceptors (Lipinski definition) is 5. The highest BCUT2D eigenvalue weighted by Gasteiger charge is 2.73. The molecule has 2 spiro atoms. The molecule has 3 heterocycles. The number of rotatable bonds is 3. The number of nitrogens with zero attached hydrogens (tertiary/aromatic N) is 2. The highest BCUT2D eigenvalue weighted by atomic mass is 35.5. The highest BCUT2D eigenvalue weighted by molar-refractivity contribution is 6.26. The zero-order chi connectivity index (χ0) is 24.8. The van der Waals surface area contributed by atoms with Crippen molar-refractivity contribution in [2.24, 2.45) is 11.3 Å². The molecule has 188 valence electrons. The Morgan fingerprint density at radius 1 is 1.17 bits per heavy atom. The Bertz CT molecular complexity index is 1150. The van der Waals surface area contributed by atoms with Crippen LogP contribution in [0.1, 0.15) is 56.7 Å². The molecule has 0 amide bonds. The van der Waals surface area contributed by atoms with Crippen molar-refractivity contribution in [2.45, 2.75) is 86.7 Å². The number of aromatic nitrogens is 1. The molecule has 2 bridgehead atoms. The van der Waals surface area contributed by atoms with Gasteiger partial charge < -0.3 is 19.8 Å². The van der Waals surface area contributed by atoms with Crippen LogP contribution in [0.25, 0.3) is 6.08 Å². The fourth-order valence-corrected chi connectivity index (χ4v) is 8.60. The lowest BCUT2D eigenvalue weighted by Crippen LogP contribution is -2.68. The number of allylic oxidation sites excluding steroid dienone is 3. The van der Waals surface area contributed by atoms with Gasteiger partial charge in [0, 0.05) is 23.9 Å². The molecule has 2 unspecified atom stereocenters. The van der Waals surface area contributed by atoms with Crippen molar-refractivity contribution in [1.82, 2.24) is 9.88 Å². The summed E-state index contributed by atoms with van der Waals surface area (Å²) >= 11 is 7.51. The van der Waals surface area contributed by atoms with E-state index < -0.39 is 28.3 Å². The molecule has 0 aromatic carbocycles. The molecule has 2 aliphatic heterocycles. The number of alkyl halides is 1. The summed E-state index contributed by atoms with van der Waals surface area (Å²) in [6.07, 6.45) is 14.1. The van der Waals surface area contributed by atoms with Crippen molar-refractivity contribution in [3.8, 4) is 0 Å². The second-order valence-electron chi connectivity index (χ2n) is 12.0. The highest BCUT2D eigenvalue weighted by Crippen LogP contribution is 2.71. The molecule has 8 atom stereocenters. The number of halogens is 1. The average Bonchev–Trinajstić information content (AvgIpc) is 3.34. The maximum Gasteiger partial charge on any atom is 0.105 e. The van der Waals surface area contributed by atoms with E-state index in [1.807, 2.05) is 38.2 Å². The van der Waals surface area contributed by atoms with Crippen molar-refractivity contribution >= 4 is 17.7 Å². The van der Waals surface area contributed by atoms with Gasteiger partial charge in [-0.15, -0.1) is 11.6 Å². The van der Waals surface area contributed by atoms with Crippen molar-refractivity contribution in [3.63, 3.8) is 0 Å². The van der Waals surface area contributed by atoms with Crippen LogP contribution in [-0.4, -0.2) is 68.5 Å². The van der Waals surface area contributed by atoms with E-state index in [2.05, 4.69) is 42.3 Å². The van der Waals surface area contributed by atoms with Crippen LogP contribution in [0, 0.1) is 18.3 Å². The first-order valence-electron chi connectivity index (χ1n) is 13.0. The maximum absolute atomic E-state index is 11.2. The molecule has 1 aromatic heterocycles. The number of fused-ring (bicyclic) bond motifs is 1. The molecule has 0 radical (unpaired) electrons. The van der Waals surface area contributed by atoms with Gasteiger partial charge in [0.2, 0.25) is 0 Å². The predicted molar refractivity (Wildman–Crippen MR) is 138 cm³/mol. The molecule has 1 saturated heterocycles. The zero-order valence-electron chi connectivity index (χ0n) is 21.2. The topological polar surface area (TPSA) is 65.8 Å². The van der Waals surface area contributed by atoms with Gasteiger partial charge in [-0.05, 0) is 87.7 Å². The maximum atomic E-state index is 11.2. The fourth-order valence-electron chi connectivity index (χ4n) is 8.13. The molecular weight excluding hydrogens is 460 g/mol. The van der Waals surface area contributed by atoms with E-state index in [0.717, 1.165) is 48.9 Å². The second-order valence-corrected chi connectivity index (χ2v) is 12.7. The van der Waals surface area contributed by atoms with Gasteiger partial charge in [0.05, 0.1) is 22.2 Å². The first-order valence-corrected chi connectivity index (χ1v) is 13.4. The van der Waals surface area contributed by atoms with Crippen molar-refractivity contribution < 1.29 is 14.9 Å². The van der Waals surface area contributed by atoms with E-state index in [9.17, 15) is 10.2 Å². The average molecular weight is 497 g/mol. The van der Waals surface area contributed by atoms with Crippen LogP contribution in [0.3, 0.4) is 0 Å². The second kappa shape index (κ2) is 7.75. The number of aliphatic hydroxyl groups is 2. The van der Waals surface area contributed by atoms with Gasteiger partial charge in [0.25, 0.3) is 0 Å². The Morgan fingerprint density at radius 3 is 2.71 bits per heavy atom. The Balaban J connectivity index is 1.37. The first-order chi connectivity index (χ1) is 16.6. The quantitative estimate of drug-likeness (QED) is 0.479. The van der Waals surface area contributed by atoms with Crippen molar-refractivity contribution in [2.75, 3.05) is 14.1 Å². The van der Waals surface area contributed by atoms with Gasteiger partial charge in [-0.3, -0.25) is 4.98 Å². The van der Waals surface area contributed by atoms with Crippen molar-refractivity contribution in [3.05, 3.63) is 59.0 Å². The van der Waals surface area contributed by atoms with Crippen LogP contribution in [0.5, 0.6) is 0 Å². The predicted octanol–water partition coefficient (Wildman–Crippen LogP) is 4.41. The van der Waals surface area contributed by atoms with Crippen LogP contribution in [0.2, 0.25) is 0 Å². The molecule has 2 saturated carbocycles. The minimum absolute atomic E-state index is 0.0182. The van der Waals surface area contributed by atoms with E-state index in [1.54, 1.807) is 0 Å². The summed E-state index contributed by atoms with van der Waals surface area (Å²) in [5, 5.41) is 22.1. The van der Waals surface area contributed by atoms with Gasteiger partial charge in [-0.25, -0.2) is 0 Å². The molecule has 5 aliphatic rings. The van der Waals surface area contributed by atoms with Gasteiger partial charge in [-0.1, -0.05) is 37.3 Å². The first kappa shape index (κ1) is 23.9. The lowest BCUT2D eigenvalue weighted by atomic mass is 9.54. The van der Waals surface area contributed by atoms with Gasteiger partial charge in [0.1, 0.15) is 6.10 Å². The van der Waals surface area contributed by atoms with E-state index in [1.165, 1.54) is 5.57 Å². The minimum Gasteiger partial charge on any atom is -0.388 e. The van der Waals surface area contributed by atoms with Gasteiger partial charge >= 0.3 is 0 Å². The third-order valence-corrected chi connectivity index (χ3v) is 10.8. The smallest absolute Gasteiger partial charge is 0.105 e. The van der Waals surface area contributed by atoms with Crippen LogP contribution < -0.4 is 0 Å². The Kier molecular flexibility index (Phi) is 5.29. The monoisotopic (exact) mass is 496 g/mol. The molecule has 6 heteroatoms. The summed E-state index contributed by atoms with van der Waals surface area (Å²) < 4.78 is 7.23. The van der Waals surface area contributed by atoms with Gasteiger partial charge in [-0.2, -0.15) is 0 Å². The number of ether oxygens (including phenoxy) is 1. The zero-order valence-corrected chi connectivity index (χ0v) is 21.9. The van der Waals surface area contributed by atoms with Crippen LogP contribution in [0.15, 0.2) is 47.7 Å². The molecule has 35 heavy (non-hydrogen) atoms. The minimum atomic E-state index is -0.945. The normalized spacial score (nSPS) is 46.3. The molecule has 3 aliphatic carbocycles. The molecular formula is C29H37ClN2O3. The number of aliphatic hydroxyl groups excluding tert-OH is 2. The molecule has 3 fully saturated rings. The Morgan fingerprint density at radius 2 is 1.97 bits per heavy atom. The van der Waals surface area contributed by atoms with E-state index in [-0.39, 0.29) is 17.4 Å². The van der Waals surface area contributed by atoms with Crippen LogP contribution in [-0.2, 0) is 4.74 Å². The molecule has 6 rings (SSSR count). The van der Waals surface area contributed by atoms with Crippen LogP contribution >= 0.6 is 11.6 Å². The Labute approximate surface area is 213 Å². The summed E-state index contributed by atoms with van der Waals surface area (Å²) in [7, 11) is 3.93. The largest absolute Gasteiger partial charge is 0.388 e. The molecule has 1 aromatic rings. The Hall–Kier alpha value is -1.50. The van der Waals surface area contributed by atoms with Gasteiger partial charge in [0.15, 0.2) is 0 Å². The third kappa shape index (κ3) is 3.12. The summed E-state index contributed by atoms with van der Waals surface area (Å²) in [4.78, 5) is 5.78. The van der Waals surface area contributed by atoms with E-state index >= 15 is 0 Å². The van der Waals surface area contributed by atoms with E-state index in [4.69, 9.17) is 16.3 Å². The standard InChI is InChI=1S/C29H37ClN2O3/c1-18-19(6-5-15-31-18)7-8-20-9-10-23-26(20,2)11-13-28(30)16-21-24(33)25(34)22(32(3)4)17-27(21)12-14-29(23,28)35-27/h5-9,15-16,22-25,33-34H,10-14,17H2,1-4H3/b8-7+/t22-,23?,24+,25+,26+,27+,28?,29-/m0/s1. The summed E-state index contributed by atoms with van der Waals surface area (Å²) in [6, 6.07) is 3.94.